The molecule has 0 unspecified atom stereocenters. The van der Waals surface area contributed by atoms with Gasteiger partial charge in [0, 0.05) is 19.6 Å². The van der Waals surface area contributed by atoms with E-state index in [-0.39, 0.29) is 25.6 Å². The predicted molar refractivity (Wildman–Crippen MR) is 79.0 cm³/mol. The predicted octanol–water partition coefficient (Wildman–Crippen LogP) is 0.316. The van der Waals surface area contributed by atoms with Gasteiger partial charge in [0.1, 0.15) is 6.54 Å². The lowest BCUT2D eigenvalue weighted by Gasteiger charge is -2.37. The number of carboxylic acids is 1. The molecule has 1 N–H and O–H groups in total. The molecule has 1 saturated heterocycles. The van der Waals surface area contributed by atoms with Crippen LogP contribution in [0.1, 0.15) is 5.56 Å². The number of nitrogens with zero attached hydrogens (tertiary/aromatic N) is 3. The highest BCUT2D eigenvalue weighted by Gasteiger charge is 2.39. The van der Waals surface area contributed by atoms with Crippen LogP contribution in [0.4, 0.5) is 0 Å². The molecular formula is C14H17N3O4S. The Kier molecular flexibility index (Phi) is 5.13. The van der Waals surface area contributed by atoms with Crippen LogP contribution in [-0.4, -0.2) is 54.3 Å². The van der Waals surface area contributed by atoms with Crippen molar-refractivity contribution in [2.45, 2.75) is 6.42 Å². The highest BCUT2D eigenvalue weighted by Crippen LogP contribution is 2.21. The van der Waals surface area contributed by atoms with Gasteiger partial charge in [-0.15, -0.1) is 0 Å². The summed E-state index contributed by atoms with van der Waals surface area (Å²) < 4.78 is 26.9. The molecule has 0 radical (unpaired) electrons. The Bertz CT molecular complexity index is 663. The maximum absolute atomic E-state index is 12.4. The van der Waals surface area contributed by atoms with Gasteiger partial charge >= 0.3 is 5.97 Å². The Hall–Kier alpha value is -1.95. The molecule has 1 aliphatic heterocycles. The van der Waals surface area contributed by atoms with Crippen molar-refractivity contribution < 1.29 is 18.3 Å². The maximum Gasteiger partial charge on any atom is 0.318 e. The summed E-state index contributed by atoms with van der Waals surface area (Å²) in [5.41, 5.74) is 0.937. The van der Waals surface area contributed by atoms with Crippen molar-refractivity contribution in [3.8, 4) is 6.07 Å². The second-order valence-corrected chi connectivity index (χ2v) is 7.04. The van der Waals surface area contributed by atoms with Gasteiger partial charge in [-0.25, -0.2) is 0 Å². The van der Waals surface area contributed by atoms with Crippen LogP contribution < -0.4 is 0 Å². The van der Waals surface area contributed by atoms with Gasteiger partial charge in [-0.3, -0.25) is 4.79 Å². The Morgan fingerprint density at radius 3 is 2.55 bits per heavy atom. The number of carboxylic acid groups (broad SMARTS) is 1. The largest absolute Gasteiger partial charge is 0.480 e. The average molecular weight is 323 g/mol. The second kappa shape index (κ2) is 6.87. The number of carbonyl (C=O) groups is 1. The molecule has 1 fully saturated rings. The van der Waals surface area contributed by atoms with E-state index >= 15 is 0 Å². The third kappa shape index (κ3) is 3.82. The molecule has 0 aromatic heterocycles. The fourth-order valence-corrected chi connectivity index (χ4v) is 3.86. The molecule has 1 aromatic rings. The molecule has 1 aromatic carbocycles. The van der Waals surface area contributed by atoms with Gasteiger partial charge in [0.25, 0.3) is 10.2 Å². The smallest absolute Gasteiger partial charge is 0.318 e. The van der Waals surface area contributed by atoms with Gasteiger partial charge in [0.15, 0.2) is 0 Å². The van der Waals surface area contributed by atoms with E-state index in [1.54, 1.807) is 0 Å². The number of hydrogen-bond donors (Lipinski definition) is 1. The number of nitriles is 1. The summed E-state index contributed by atoms with van der Waals surface area (Å²) in [6.45, 7) is -0.240. The normalized spacial score (nSPS) is 16.2. The van der Waals surface area contributed by atoms with Gasteiger partial charge in [0.05, 0.1) is 12.0 Å². The first-order chi connectivity index (χ1) is 10.4. The molecule has 1 heterocycles. The molecule has 0 saturated carbocycles. The van der Waals surface area contributed by atoms with E-state index in [0.717, 1.165) is 14.2 Å². The fraction of sp³-hybridized carbons (Fsp3) is 0.429. The van der Waals surface area contributed by atoms with E-state index in [1.165, 1.54) is 0 Å². The Morgan fingerprint density at radius 1 is 1.36 bits per heavy atom. The van der Waals surface area contributed by atoms with Gasteiger partial charge in [-0.05, 0) is 12.0 Å². The number of benzene rings is 1. The van der Waals surface area contributed by atoms with Crippen LogP contribution in [0.3, 0.4) is 0 Å². The topological polar surface area (TPSA) is 102 Å². The van der Waals surface area contributed by atoms with Crippen LogP contribution >= 0.6 is 0 Å². The van der Waals surface area contributed by atoms with E-state index in [1.807, 2.05) is 36.4 Å². The first-order valence-electron chi connectivity index (χ1n) is 6.84. The van der Waals surface area contributed by atoms with Crippen LogP contribution in [0.15, 0.2) is 30.3 Å². The van der Waals surface area contributed by atoms with Crippen molar-refractivity contribution in [1.82, 2.24) is 8.61 Å². The van der Waals surface area contributed by atoms with Crippen LogP contribution in [0.25, 0.3) is 0 Å². The lowest BCUT2D eigenvalue weighted by molar-refractivity contribution is -0.137. The van der Waals surface area contributed by atoms with Crippen LogP contribution in [0.2, 0.25) is 0 Å². The lowest BCUT2D eigenvalue weighted by Crippen LogP contribution is -2.55. The SMILES string of the molecule is N#CC1CN(S(=O)(=O)N(CCc2ccccc2)CC(=O)O)C1. The van der Waals surface area contributed by atoms with E-state index in [0.29, 0.717) is 6.42 Å². The summed E-state index contributed by atoms with van der Waals surface area (Å²) >= 11 is 0. The van der Waals surface area contributed by atoms with Crippen molar-refractivity contribution in [3.05, 3.63) is 35.9 Å². The standard InChI is InChI=1S/C14H17N3O4S/c15-8-13-9-17(10-13)22(20,21)16(11-14(18)19)7-6-12-4-2-1-3-5-12/h1-5,13H,6-7,9-11H2,(H,18,19). The van der Waals surface area contributed by atoms with E-state index < -0.39 is 22.7 Å². The van der Waals surface area contributed by atoms with Crippen molar-refractivity contribution in [2.24, 2.45) is 5.92 Å². The molecule has 1 aliphatic rings. The Balaban J connectivity index is 2.05. The zero-order valence-electron chi connectivity index (χ0n) is 11.9. The molecule has 0 bridgehead atoms. The highest BCUT2D eigenvalue weighted by atomic mass is 32.2. The highest BCUT2D eigenvalue weighted by molar-refractivity contribution is 7.86. The van der Waals surface area contributed by atoms with Crippen LogP contribution in [-0.2, 0) is 21.4 Å². The van der Waals surface area contributed by atoms with Gasteiger partial charge < -0.3 is 5.11 Å². The summed E-state index contributed by atoms with van der Waals surface area (Å²) in [6, 6.07) is 11.3. The number of rotatable bonds is 7. The third-order valence-electron chi connectivity index (χ3n) is 3.49. The Morgan fingerprint density at radius 2 is 2.00 bits per heavy atom. The van der Waals surface area contributed by atoms with Crippen LogP contribution in [0.5, 0.6) is 0 Å². The minimum Gasteiger partial charge on any atom is -0.480 e. The Labute approximate surface area is 129 Å². The molecule has 0 amide bonds. The van der Waals surface area contributed by atoms with Crippen LogP contribution in [0, 0.1) is 17.2 Å². The molecular weight excluding hydrogens is 306 g/mol. The van der Waals surface area contributed by atoms with Gasteiger partial charge in [-0.1, -0.05) is 30.3 Å². The van der Waals surface area contributed by atoms with Crippen molar-refractivity contribution >= 4 is 16.2 Å². The monoisotopic (exact) mass is 323 g/mol. The third-order valence-corrected chi connectivity index (χ3v) is 5.40. The molecule has 0 atom stereocenters. The molecule has 118 valence electrons. The first-order valence-corrected chi connectivity index (χ1v) is 8.23. The van der Waals surface area contributed by atoms with E-state index in [9.17, 15) is 13.2 Å². The van der Waals surface area contributed by atoms with Crippen molar-refractivity contribution in [2.75, 3.05) is 26.2 Å². The van der Waals surface area contributed by atoms with Gasteiger partial charge in [-0.2, -0.15) is 22.3 Å². The zero-order valence-corrected chi connectivity index (χ0v) is 12.7. The minimum absolute atomic E-state index is 0.0896. The summed E-state index contributed by atoms with van der Waals surface area (Å²) in [5.74, 6) is -1.51. The molecule has 0 spiro atoms. The molecule has 0 aliphatic carbocycles. The fourth-order valence-electron chi connectivity index (χ4n) is 2.20. The zero-order chi connectivity index (χ0) is 16.2. The molecule has 22 heavy (non-hydrogen) atoms. The molecule has 2 rings (SSSR count). The average Bonchev–Trinajstić information content (AvgIpc) is 2.42. The molecule has 8 heteroatoms. The van der Waals surface area contributed by atoms with Crippen molar-refractivity contribution in [1.29, 1.82) is 5.26 Å². The van der Waals surface area contributed by atoms with Crippen molar-refractivity contribution in [3.63, 3.8) is 0 Å². The summed E-state index contributed by atoms with van der Waals surface area (Å²) in [5, 5.41) is 17.7. The van der Waals surface area contributed by atoms with E-state index in [4.69, 9.17) is 10.4 Å². The number of aliphatic carboxylic acids is 1. The van der Waals surface area contributed by atoms with E-state index in [2.05, 4.69) is 0 Å². The maximum atomic E-state index is 12.4. The summed E-state index contributed by atoms with van der Waals surface area (Å²) in [4.78, 5) is 10.9. The molecule has 7 nitrogen and oxygen atoms in total. The summed E-state index contributed by atoms with van der Waals surface area (Å²) in [6.07, 6.45) is 0.433. The number of hydrogen-bond acceptors (Lipinski definition) is 4. The lowest BCUT2D eigenvalue weighted by atomic mass is 10.1. The second-order valence-electron chi connectivity index (χ2n) is 5.11. The summed E-state index contributed by atoms with van der Waals surface area (Å²) in [7, 11) is -3.84. The quantitative estimate of drug-likeness (QED) is 0.778. The first kappa shape index (κ1) is 16.4. The van der Waals surface area contributed by atoms with Gasteiger partial charge in [0.2, 0.25) is 0 Å². The minimum atomic E-state index is -3.84.